The van der Waals surface area contributed by atoms with Crippen LogP contribution in [0.4, 0.5) is 5.69 Å². The Balaban J connectivity index is 1.41. The van der Waals surface area contributed by atoms with Crippen molar-refractivity contribution in [2.45, 2.75) is 19.4 Å². The summed E-state index contributed by atoms with van der Waals surface area (Å²) in [6.45, 7) is 2.44. The summed E-state index contributed by atoms with van der Waals surface area (Å²) in [6.07, 6.45) is 3.61. The van der Waals surface area contributed by atoms with E-state index in [2.05, 4.69) is 31.3 Å². The first-order chi connectivity index (χ1) is 14.0. The fraction of sp³-hybridized carbons (Fsp3) is 0.238. The van der Waals surface area contributed by atoms with Gasteiger partial charge in [-0.1, -0.05) is 24.3 Å². The van der Waals surface area contributed by atoms with E-state index in [1.54, 1.807) is 15.9 Å². The first-order valence-corrected chi connectivity index (χ1v) is 10.1. The van der Waals surface area contributed by atoms with Crippen molar-refractivity contribution in [2.75, 3.05) is 11.4 Å². The van der Waals surface area contributed by atoms with Crippen LogP contribution in [0.25, 0.3) is 5.69 Å². The van der Waals surface area contributed by atoms with Gasteiger partial charge in [-0.15, -0.1) is 0 Å². The molecule has 1 aliphatic heterocycles. The molecule has 148 valence electrons. The highest BCUT2D eigenvalue weighted by atomic mass is 79.9. The maximum Gasteiger partial charge on any atom is 0.239 e. The van der Waals surface area contributed by atoms with Crippen LogP contribution < -0.4 is 10.2 Å². The fourth-order valence-electron chi connectivity index (χ4n) is 3.49. The molecule has 29 heavy (non-hydrogen) atoms. The summed E-state index contributed by atoms with van der Waals surface area (Å²) in [6, 6.07) is 15.0. The van der Waals surface area contributed by atoms with Crippen molar-refractivity contribution in [3.63, 3.8) is 0 Å². The number of hydrogen-bond acceptors (Lipinski definition) is 4. The SMILES string of the molecule is CC(NC(=O)C1CCN(c2ccccc2Br)C1=O)c1ccc(-n2cncn2)cc1. The Morgan fingerprint density at radius 1 is 1.21 bits per heavy atom. The number of carbonyl (C=O) groups excluding carboxylic acids is 2. The van der Waals surface area contributed by atoms with Gasteiger partial charge in [0.15, 0.2) is 0 Å². The van der Waals surface area contributed by atoms with Crippen LogP contribution in [-0.4, -0.2) is 33.1 Å². The molecule has 1 saturated heterocycles. The van der Waals surface area contributed by atoms with Crippen LogP contribution in [-0.2, 0) is 9.59 Å². The molecule has 1 N–H and O–H groups in total. The summed E-state index contributed by atoms with van der Waals surface area (Å²) in [5.41, 5.74) is 2.64. The van der Waals surface area contributed by atoms with Crippen molar-refractivity contribution in [1.82, 2.24) is 20.1 Å². The number of hydrogen-bond donors (Lipinski definition) is 1. The predicted molar refractivity (Wildman–Crippen MR) is 113 cm³/mol. The minimum absolute atomic E-state index is 0.164. The van der Waals surface area contributed by atoms with Crippen molar-refractivity contribution in [2.24, 2.45) is 5.92 Å². The predicted octanol–water partition coefficient (Wildman–Crippen LogP) is 3.26. The number of carbonyl (C=O) groups is 2. The molecule has 1 fully saturated rings. The lowest BCUT2D eigenvalue weighted by Gasteiger charge is -2.19. The Labute approximate surface area is 176 Å². The third-order valence-electron chi connectivity index (χ3n) is 5.10. The van der Waals surface area contributed by atoms with E-state index in [1.807, 2.05) is 55.5 Å². The molecule has 8 heteroatoms. The standard InChI is InChI=1S/C21H20BrN5O2/c1-14(15-6-8-16(9-7-15)27-13-23-12-24-27)25-20(28)17-10-11-26(21(17)29)19-5-3-2-4-18(19)22/h2-9,12-14,17H,10-11H2,1H3,(H,25,28). The minimum Gasteiger partial charge on any atom is -0.349 e. The third-order valence-corrected chi connectivity index (χ3v) is 5.77. The van der Waals surface area contributed by atoms with Gasteiger partial charge in [0.1, 0.15) is 18.6 Å². The Kier molecular flexibility index (Phi) is 5.44. The number of anilines is 1. The summed E-state index contributed by atoms with van der Waals surface area (Å²) in [4.78, 5) is 31.2. The number of nitrogens with zero attached hydrogens (tertiary/aromatic N) is 4. The lowest BCUT2D eigenvalue weighted by atomic mass is 10.0. The van der Waals surface area contributed by atoms with Crippen LogP contribution in [0.1, 0.15) is 24.9 Å². The summed E-state index contributed by atoms with van der Waals surface area (Å²) in [7, 11) is 0. The molecule has 2 aromatic carbocycles. The van der Waals surface area contributed by atoms with Gasteiger partial charge in [0.2, 0.25) is 11.8 Å². The molecule has 0 radical (unpaired) electrons. The topological polar surface area (TPSA) is 80.1 Å². The van der Waals surface area contributed by atoms with Crippen molar-refractivity contribution in [3.8, 4) is 5.69 Å². The van der Waals surface area contributed by atoms with Crippen LogP contribution in [0.15, 0.2) is 65.7 Å². The van der Waals surface area contributed by atoms with Crippen molar-refractivity contribution in [3.05, 3.63) is 71.2 Å². The molecule has 3 aromatic rings. The molecule has 2 heterocycles. The van der Waals surface area contributed by atoms with Gasteiger partial charge in [-0.2, -0.15) is 5.10 Å². The lowest BCUT2D eigenvalue weighted by molar-refractivity contribution is -0.132. The molecule has 1 aliphatic rings. The molecular formula is C21H20BrN5O2. The highest BCUT2D eigenvalue weighted by Gasteiger charge is 2.38. The van der Waals surface area contributed by atoms with Gasteiger partial charge in [0.25, 0.3) is 0 Å². The van der Waals surface area contributed by atoms with E-state index in [0.29, 0.717) is 13.0 Å². The van der Waals surface area contributed by atoms with Crippen LogP contribution >= 0.6 is 15.9 Å². The van der Waals surface area contributed by atoms with E-state index in [1.165, 1.54) is 6.33 Å². The number of halogens is 1. The zero-order chi connectivity index (χ0) is 20.4. The Hall–Kier alpha value is -3.00. The molecule has 1 aromatic heterocycles. The highest BCUT2D eigenvalue weighted by Crippen LogP contribution is 2.31. The number of aromatic nitrogens is 3. The van der Waals surface area contributed by atoms with Crippen molar-refractivity contribution < 1.29 is 9.59 Å². The van der Waals surface area contributed by atoms with Gasteiger partial charge in [-0.3, -0.25) is 9.59 Å². The normalized spacial score (nSPS) is 17.4. The lowest BCUT2D eigenvalue weighted by Crippen LogP contribution is -2.38. The average molecular weight is 454 g/mol. The second-order valence-electron chi connectivity index (χ2n) is 6.94. The summed E-state index contributed by atoms with van der Waals surface area (Å²) in [5.74, 6) is -1.07. The highest BCUT2D eigenvalue weighted by molar-refractivity contribution is 9.10. The van der Waals surface area contributed by atoms with Gasteiger partial charge in [-0.05, 0) is 59.1 Å². The smallest absolute Gasteiger partial charge is 0.239 e. The summed E-state index contributed by atoms with van der Waals surface area (Å²) < 4.78 is 2.51. The van der Waals surface area contributed by atoms with E-state index in [9.17, 15) is 9.59 Å². The van der Waals surface area contributed by atoms with E-state index >= 15 is 0 Å². The van der Waals surface area contributed by atoms with Crippen LogP contribution in [0.3, 0.4) is 0 Å². The molecule has 0 spiro atoms. The number of para-hydroxylation sites is 1. The first kappa shape index (κ1) is 19.3. The van der Waals surface area contributed by atoms with Gasteiger partial charge in [0.05, 0.1) is 17.4 Å². The average Bonchev–Trinajstić information content (AvgIpc) is 3.39. The Morgan fingerprint density at radius 2 is 1.97 bits per heavy atom. The molecule has 7 nitrogen and oxygen atoms in total. The Bertz CT molecular complexity index is 1020. The van der Waals surface area contributed by atoms with Crippen molar-refractivity contribution >= 4 is 33.4 Å². The van der Waals surface area contributed by atoms with E-state index < -0.39 is 5.92 Å². The molecule has 2 unspecified atom stereocenters. The number of nitrogens with one attached hydrogen (secondary N) is 1. The number of amides is 2. The molecule has 0 saturated carbocycles. The molecular weight excluding hydrogens is 434 g/mol. The van der Waals surface area contributed by atoms with Gasteiger partial charge in [0, 0.05) is 11.0 Å². The summed E-state index contributed by atoms with van der Waals surface area (Å²) in [5, 5.41) is 7.08. The number of rotatable bonds is 5. The van der Waals surface area contributed by atoms with Gasteiger partial charge in [-0.25, -0.2) is 9.67 Å². The largest absolute Gasteiger partial charge is 0.349 e. The molecule has 4 rings (SSSR count). The van der Waals surface area contributed by atoms with Crippen LogP contribution in [0.5, 0.6) is 0 Å². The van der Waals surface area contributed by atoms with E-state index in [0.717, 1.165) is 21.4 Å². The quantitative estimate of drug-likeness (QED) is 0.601. The molecule has 2 atom stereocenters. The maximum absolute atomic E-state index is 12.8. The summed E-state index contributed by atoms with van der Waals surface area (Å²) >= 11 is 3.48. The van der Waals surface area contributed by atoms with Gasteiger partial charge >= 0.3 is 0 Å². The van der Waals surface area contributed by atoms with Gasteiger partial charge < -0.3 is 10.2 Å². The molecule has 0 bridgehead atoms. The minimum atomic E-state index is -0.668. The van der Waals surface area contributed by atoms with Crippen molar-refractivity contribution in [1.29, 1.82) is 0 Å². The Morgan fingerprint density at radius 3 is 2.66 bits per heavy atom. The second-order valence-corrected chi connectivity index (χ2v) is 7.80. The van der Waals surface area contributed by atoms with Crippen LogP contribution in [0, 0.1) is 5.92 Å². The third kappa shape index (κ3) is 3.93. The first-order valence-electron chi connectivity index (χ1n) is 9.36. The van der Waals surface area contributed by atoms with Crippen LogP contribution in [0.2, 0.25) is 0 Å². The fourth-order valence-corrected chi connectivity index (χ4v) is 3.99. The molecule has 0 aliphatic carbocycles. The number of benzene rings is 2. The molecule has 2 amide bonds. The zero-order valence-corrected chi connectivity index (χ0v) is 17.4. The van der Waals surface area contributed by atoms with E-state index in [4.69, 9.17) is 0 Å². The maximum atomic E-state index is 12.8. The zero-order valence-electron chi connectivity index (χ0n) is 15.8. The monoisotopic (exact) mass is 453 g/mol. The second kappa shape index (κ2) is 8.16. The van der Waals surface area contributed by atoms with E-state index in [-0.39, 0.29) is 17.9 Å².